The number of hydrogen-bond donors (Lipinski definition) is 0. The number of carbonyl (C=O) groups is 1. The van der Waals surface area contributed by atoms with Crippen LogP contribution in [0, 0.1) is 0 Å². The second kappa shape index (κ2) is 8.66. The molecule has 0 radical (unpaired) electrons. The van der Waals surface area contributed by atoms with E-state index in [1.165, 1.54) is 17.8 Å². The molecule has 4 rings (SSSR count). The fraction of sp³-hybridized carbons (Fsp3) is 0.350. The van der Waals surface area contributed by atoms with Crippen molar-refractivity contribution in [1.29, 1.82) is 0 Å². The van der Waals surface area contributed by atoms with Crippen LogP contribution in [-0.2, 0) is 19.0 Å². The van der Waals surface area contributed by atoms with E-state index in [0.29, 0.717) is 43.5 Å². The van der Waals surface area contributed by atoms with E-state index >= 15 is 0 Å². The van der Waals surface area contributed by atoms with Crippen LogP contribution < -0.4 is 4.90 Å². The summed E-state index contributed by atoms with van der Waals surface area (Å²) in [6, 6.07) is 5.83. The number of carbonyl (C=O) groups excluding carboxylic acids is 1. The Morgan fingerprint density at radius 1 is 1.13 bits per heavy atom. The number of imidazole rings is 1. The Morgan fingerprint density at radius 3 is 2.52 bits per heavy atom. The molecule has 3 aromatic heterocycles. The maximum atomic E-state index is 12.7. The molecule has 1 amide bonds. The summed E-state index contributed by atoms with van der Waals surface area (Å²) in [7, 11) is 1.91. The number of amides is 1. The zero-order valence-corrected chi connectivity index (χ0v) is 17.5. The summed E-state index contributed by atoms with van der Waals surface area (Å²) < 4.78 is 45.7. The maximum Gasteiger partial charge on any atom is 0.417 e. The Kier molecular flexibility index (Phi) is 5.94. The zero-order valence-electron chi connectivity index (χ0n) is 16.7. The van der Waals surface area contributed by atoms with Gasteiger partial charge in [0.1, 0.15) is 11.6 Å². The molecular formula is C20H20F3N5O2S. The van der Waals surface area contributed by atoms with Gasteiger partial charge in [0.25, 0.3) is 5.91 Å². The maximum absolute atomic E-state index is 12.7. The van der Waals surface area contributed by atoms with Crippen LogP contribution in [0.1, 0.15) is 21.9 Å². The number of aryl methyl sites for hydroxylation is 1. The Hall–Kier alpha value is -2.95. The summed E-state index contributed by atoms with van der Waals surface area (Å²) in [5, 5.41) is 0.859. The highest BCUT2D eigenvalue weighted by Crippen LogP contribution is 2.29. The highest BCUT2D eigenvalue weighted by molar-refractivity contribution is 7.98. The van der Waals surface area contributed by atoms with Crippen LogP contribution in [0.4, 0.5) is 19.0 Å². The quantitative estimate of drug-likeness (QED) is 0.552. The predicted octanol–water partition coefficient (Wildman–Crippen LogP) is 3.68. The van der Waals surface area contributed by atoms with E-state index < -0.39 is 11.7 Å². The van der Waals surface area contributed by atoms with Gasteiger partial charge in [-0.3, -0.25) is 4.79 Å². The fourth-order valence-corrected chi connectivity index (χ4v) is 4.06. The third-order valence-corrected chi connectivity index (χ3v) is 6.04. The molecule has 1 fully saturated rings. The summed E-state index contributed by atoms with van der Waals surface area (Å²) in [6.07, 6.45) is 0.00711. The minimum atomic E-state index is -4.41. The van der Waals surface area contributed by atoms with Gasteiger partial charge in [0.2, 0.25) is 0 Å². The Balaban J connectivity index is 1.31. The molecule has 0 N–H and O–H groups in total. The van der Waals surface area contributed by atoms with Gasteiger partial charge in [0.05, 0.1) is 11.3 Å². The first kappa shape index (κ1) is 21.3. The molecule has 3 aromatic rings. The molecule has 1 saturated heterocycles. The standard InChI is InChI=1S/C20H20F3N5O2S/c1-26-7-6-24-19(26)31-13-15-3-4-16(30-15)18(29)28-10-8-27(9-11-28)17-5-2-14(12-25-17)20(21,22)23/h2-7,12H,8-11,13H2,1H3. The van der Waals surface area contributed by atoms with E-state index in [-0.39, 0.29) is 11.7 Å². The van der Waals surface area contributed by atoms with Crippen LogP contribution in [0.5, 0.6) is 0 Å². The zero-order chi connectivity index (χ0) is 22.0. The second-order valence-electron chi connectivity index (χ2n) is 7.06. The lowest BCUT2D eigenvalue weighted by atomic mass is 10.2. The lowest BCUT2D eigenvalue weighted by Gasteiger charge is -2.35. The normalized spacial score (nSPS) is 14.8. The fourth-order valence-electron chi connectivity index (χ4n) is 3.23. The van der Waals surface area contributed by atoms with Crippen molar-refractivity contribution in [3.8, 4) is 0 Å². The number of furan rings is 1. The topological polar surface area (TPSA) is 67.4 Å². The molecular weight excluding hydrogens is 431 g/mol. The predicted molar refractivity (Wildman–Crippen MR) is 109 cm³/mol. The molecule has 164 valence electrons. The number of nitrogens with zero attached hydrogens (tertiary/aromatic N) is 5. The Morgan fingerprint density at radius 2 is 1.90 bits per heavy atom. The molecule has 0 saturated carbocycles. The van der Waals surface area contributed by atoms with Crippen molar-refractivity contribution in [2.75, 3.05) is 31.1 Å². The second-order valence-corrected chi connectivity index (χ2v) is 8.00. The van der Waals surface area contributed by atoms with Crippen molar-refractivity contribution >= 4 is 23.5 Å². The summed E-state index contributed by atoms with van der Waals surface area (Å²) in [6.45, 7) is 1.82. The van der Waals surface area contributed by atoms with Gasteiger partial charge in [-0.15, -0.1) is 0 Å². The number of thioether (sulfide) groups is 1. The lowest BCUT2D eigenvalue weighted by Crippen LogP contribution is -2.49. The van der Waals surface area contributed by atoms with Gasteiger partial charge in [-0.25, -0.2) is 9.97 Å². The van der Waals surface area contributed by atoms with Gasteiger partial charge in [0, 0.05) is 51.8 Å². The highest BCUT2D eigenvalue weighted by atomic mass is 32.2. The average molecular weight is 451 g/mol. The van der Waals surface area contributed by atoms with Crippen LogP contribution in [0.15, 0.2) is 52.4 Å². The van der Waals surface area contributed by atoms with Crippen LogP contribution in [0.3, 0.4) is 0 Å². The van der Waals surface area contributed by atoms with E-state index in [1.807, 2.05) is 22.7 Å². The smallest absolute Gasteiger partial charge is 0.417 e. The molecule has 0 bridgehead atoms. The van der Waals surface area contributed by atoms with Crippen molar-refractivity contribution < 1.29 is 22.4 Å². The Labute approximate surface area is 180 Å². The third kappa shape index (κ3) is 4.87. The molecule has 1 aliphatic heterocycles. The molecule has 0 atom stereocenters. The molecule has 11 heteroatoms. The molecule has 1 aliphatic rings. The van der Waals surface area contributed by atoms with Crippen LogP contribution >= 0.6 is 11.8 Å². The van der Waals surface area contributed by atoms with Crippen LogP contribution in [0.25, 0.3) is 0 Å². The molecule has 7 nitrogen and oxygen atoms in total. The minimum absolute atomic E-state index is 0.201. The van der Waals surface area contributed by atoms with Gasteiger partial charge >= 0.3 is 6.18 Å². The summed E-state index contributed by atoms with van der Waals surface area (Å²) in [4.78, 5) is 24.4. The highest BCUT2D eigenvalue weighted by Gasteiger charge is 2.31. The molecule has 4 heterocycles. The van der Waals surface area contributed by atoms with Crippen LogP contribution in [0.2, 0.25) is 0 Å². The first-order chi connectivity index (χ1) is 14.8. The number of piperazine rings is 1. The van der Waals surface area contributed by atoms with E-state index in [4.69, 9.17) is 4.42 Å². The lowest BCUT2D eigenvalue weighted by molar-refractivity contribution is -0.137. The monoisotopic (exact) mass is 451 g/mol. The molecule has 0 spiro atoms. The third-order valence-electron chi connectivity index (χ3n) is 4.96. The summed E-state index contributed by atoms with van der Waals surface area (Å²) in [5.74, 6) is 1.78. The van der Waals surface area contributed by atoms with Gasteiger partial charge in [-0.05, 0) is 24.3 Å². The number of halogens is 3. The number of rotatable bonds is 5. The van der Waals surface area contributed by atoms with Crippen molar-refractivity contribution in [3.63, 3.8) is 0 Å². The van der Waals surface area contributed by atoms with Gasteiger partial charge in [0.15, 0.2) is 10.9 Å². The number of hydrogen-bond acceptors (Lipinski definition) is 6. The Bertz CT molecular complexity index is 1040. The van der Waals surface area contributed by atoms with Crippen molar-refractivity contribution in [2.24, 2.45) is 7.05 Å². The van der Waals surface area contributed by atoms with Crippen LogP contribution in [-0.4, -0.2) is 51.5 Å². The molecule has 0 aromatic carbocycles. The van der Waals surface area contributed by atoms with Crippen molar-refractivity contribution in [3.05, 3.63) is 59.9 Å². The average Bonchev–Trinajstić information content (AvgIpc) is 3.40. The van der Waals surface area contributed by atoms with E-state index in [0.717, 1.165) is 17.4 Å². The SMILES string of the molecule is Cn1ccnc1SCc1ccc(C(=O)N2CCN(c3ccc(C(F)(F)F)cn3)CC2)o1. The number of aromatic nitrogens is 3. The van der Waals surface area contributed by atoms with E-state index in [2.05, 4.69) is 9.97 Å². The van der Waals surface area contributed by atoms with E-state index in [9.17, 15) is 18.0 Å². The molecule has 0 aliphatic carbocycles. The van der Waals surface area contributed by atoms with Crippen molar-refractivity contribution in [2.45, 2.75) is 17.1 Å². The molecule has 31 heavy (non-hydrogen) atoms. The first-order valence-corrected chi connectivity index (χ1v) is 10.6. The minimum Gasteiger partial charge on any atom is -0.455 e. The summed E-state index contributed by atoms with van der Waals surface area (Å²) >= 11 is 1.52. The van der Waals surface area contributed by atoms with Crippen molar-refractivity contribution in [1.82, 2.24) is 19.4 Å². The summed E-state index contributed by atoms with van der Waals surface area (Å²) in [5.41, 5.74) is -0.778. The number of alkyl halides is 3. The first-order valence-electron chi connectivity index (χ1n) is 9.57. The van der Waals surface area contributed by atoms with E-state index in [1.54, 1.807) is 23.2 Å². The number of pyridine rings is 1. The largest absolute Gasteiger partial charge is 0.455 e. The van der Waals surface area contributed by atoms with Gasteiger partial charge in [-0.1, -0.05) is 11.8 Å². The molecule has 0 unspecified atom stereocenters. The van der Waals surface area contributed by atoms with Gasteiger partial charge < -0.3 is 18.8 Å². The van der Waals surface area contributed by atoms with Gasteiger partial charge in [-0.2, -0.15) is 13.2 Å². The number of anilines is 1.